The van der Waals surface area contributed by atoms with Gasteiger partial charge in [0, 0.05) is 31.0 Å². The largest absolute Gasteiger partial charge is 0.368 e. The Balaban J connectivity index is 1.59. The number of benzene rings is 3. The van der Waals surface area contributed by atoms with Crippen molar-refractivity contribution in [2.45, 2.75) is 12.5 Å². The molecule has 8 heteroatoms. The molecule has 0 unspecified atom stereocenters. The second kappa shape index (κ2) is 11.2. The van der Waals surface area contributed by atoms with Gasteiger partial charge in [0.05, 0.1) is 16.9 Å². The van der Waals surface area contributed by atoms with E-state index < -0.39 is 29.5 Å². The number of carbonyl (C=O) groups excluding carboxylic acids is 2. The number of carbonyl (C=O) groups is 2. The molecule has 4 rings (SSSR count). The maximum absolute atomic E-state index is 14.2. The van der Waals surface area contributed by atoms with Gasteiger partial charge in [0.1, 0.15) is 17.7 Å². The number of anilines is 2. The molecule has 1 fully saturated rings. The molecule has 34 heavy (non-hydrogen) atoms. The summed E-state index contributed by atoms with van der Waals surface area (Å²) in [6.45, 7) is 1.58. The van der Waals surface area contributed by atoms with Crippen LogP contribution < -0.4 is 15.5 Å². The highest BCUT2D eigenvalue weighted by Crippen LogP contribution is 2.29. The average Bonchev–Trinajstić information content (AvgIpc) is 2.85. The fourth-order valence-electron chi connectivity index (χ4n) is 3.85. The Kier molecular flexibility index (Phi) is 7.80. The number of hydrogen-bond acceptors (Lipinski definition) is 4. The summed E-state index contributed by atoms with van der Waals surface area (Å²) >= 11 is 1.85. The second-order valence-corrected chi connectivity index (χ2v) is 9.17. The molecule has 0 bridgehead atoms. The maximum Gasteiger partial charge on any atom is 0.254 e. The molecule has 2 amide bonds. The van der Waals surface area contributed by atoms with Crippen molar-refractivity contribution in [2.75, 3.05) is 34.8 Å². The van der Waals surface area contributed by atoms with E-state index in [4.69, 9.17) is 0 Å². The molecule has 0 spiro atoms. The van der Waals surface area contributed by atoms with E-state index >= 15 is 0 Å². The molecule has 0 saturated carbocycles. The average molecular weight is 482 g/mol. The quantitative estimate of drug-likeness (QED) is 0.522. The summed E-state index contributed by atoms with van der Waals surface area (Å²) < 4.78 is 28.3. The highest BCUT2D eigenvalue weighted by Gasteiger charge is 2.25. The van der Waals surface area contributed by atoms with Gasteiger partial charge < -0.3 is 15.5 Å². The molecule has 1 heterocycles. The first-order valence-electron chi connectivity index (χ1n) is 11.0. The molecular weight excluding hydrogens is 456 g/mol. The maximum atomic E-state index is 14.2. The lowest BCUT2D eigenvalue weighted by molar-refractivity contribution is -0.118. The Morgan fingerprint density at radius 2 is 1.65 bits per heavy atom. The number of nitrogens with zero attached hydrogens (tertiary/aromatic N) is 1. The van der Waals surface area contributed by atoms with Crippen molar-refractivity contribution in [3.8, 4) is 0 Å². The first-order valence-corrected chi connectivity index (χ1v) is 12.2. The number of halogens is 2. The third-order valence-electron chi connectivity index (χ3n) is 5.59. The molecule has 2 N–H and O–H groups in total. The van der Waals surface area contributed by atoms with Crippen molar-refractivity contribution in [3.05, 3.63) is 95.6 Å². The Labute approximate surface area is 201 Å². The first-order chi connectivity index (χ1) is 16.5. The van der Waals surface area contributed by atoms with E-state index in [1.54, 1.807) is 12.1 Å². The van der Waals surface area contributed by atoms with Crippen LogP contribution in [0.25, 0.3) is 0 Å². The van der Waals surface area contributed by atoms with Gasteiger partial charge >= 0.3 is 0 Å². The van der Waals surface area contributed by atoms with Crippen molar-refractivity contribution >= 4 is 35.0 Å². The van der Waals surface area contributed by atoms with E-state index in [0.717, 1.165) is 35.8 Å². The molecule has 0 radical (unpaired) electrons. The summed E-state index contributed by atoms with van der Waals surface area (Å²) in [5.74, 6) is -0.455. The van der Waals surface area contributed by atoms with Crippen LogP contribution in [0, 0.1) is 11.6 Å². The number of hydrogen-bond donors (Lipinski definition) is 2. The summed E-state index contributed by atoms with van der Waals surface area (Å²) in [5, 5.41) is 5.46. The molecule has 1 atom stereocenters. The van der Waals surface area contributed by atoms with Crippen molar-refractivity contribution < 1.29 is 18.4 Å². The predicted octanol–water partition coefficient (Wildman–Crippen LogP) is 4.50. The van der Waals surface area contributed by atoms with Crippen LogP contribution in [0.5, 0.6) is 0 Å². The van der Waals surface area contributed by atoms with Crippen LogP contribution in [-0.2, 0) is 11.2 Å². The third kappa shape index (κ3) is 5.94. The molecule has 176 valence electrons. The third-order valence-corrected chi connectivity index (χ3v) is 6.53. The molecule has 3 aromatic carbocycles. The first kappa shape index (κ1) is 23.8. The SMILES string of the molecule is O=C(N[C@H](Cc1ccccc1)C(=O)Nc1cc(F)ccc1N1CCSCC1)c1ccccc1F. The molecule has 0 aromatic heterocycles. The van der Waals surface area contributed by atoms with Gasteiger partial charge in [0.15, 0.2) is 0 Å². The van der Waals surface area contributed by atoms with Gasteiger partial charge in [-0.3, -0.25) is 9.59 Å². The summed E-state index contributed by atoms with van der Waals surface area (Å²) in [4.78, 5) is 28.2. The fourth-order valence-corrected chi connectivity index (χ4v) is 4.75. The lowest BCUT2D eigenvalue weighted by atomic mass is 10.0. The normalized spacial score (nSPS) is 14.4. The Morgan fingerprint density at radius 1 is 0.941 bits per heavy atom. The van der Waals surface area contributed by atoms with Crippen LogP contribution in [0.15, 0.2) is 72.8 Å². The van der Waals surface area contributed by atoms with Gasteiger partial charge in [-0.05, 0) is 35.9 Å². The minimum Gasteiger partial charge on any atom is -0.368 e. The van der Waals surface area contributed by atoms with Crippen LogP contribution in [0.2, 0.25) is 0 Å². The number of amides is 2. The highest BCUT2D eigenvalue weighted by molar-refractivity contribution is 7.99. The molecule has 1 aliphatic rings. The van der Waals surface area contributed by atoms with Crippen molar-refractivity contribution in [1.29, 1.82) is 0 Å². The van der Waals surface area contributed by atoms with E-state index in [0.29, 0.717) is 5.69 Å². The molecule has 5 nitrogen and oxygen atoms in total. The van der Waals surface area contributed by atoms with Gasteiger partial charge in [-0.2, -0.15) is 11.8 Å². The minimum atomic E-state index is -0.998. The van der Waals surface area contributed by atoms with Crippen LogP contribution in [0.3, 0.4) is 0 Å². The minimum absolute atomic E-state index is 0.148. The molecule has 1 saturated heterocycles. The molecular formula is C26H25F2N3O2S. The van der Waals surface area contributed by atoms with E-state index in [-0.39, 0.29) is 12.0 Å². The summed E-state index contributed by atoms with van der Waals surface area (Å²) in [6.07, 6.45) is 0.192. The number of thioether (sulfide) groups is 1. The van der Waals surface area contributed by atoms with Crippen molar-refractivity contribution in [1.82, 2.24) is 5.32 Å². The van der Waals surface area contributed by atoms with Gasteiger partial charge in [-0.1, -0.05) is 42.5 Å². The van der Waals surface area contributed by atoms with Crippen molar-refractivity contribution in [3.63, 3.8) is 0 Å². The summed E-state index contributed by atoms with van der Waals surface area (Å²) in [6, 6.07) is 18.1. The topological polar surface area (TPSA) is 61.4 Å². The van der Waals surface area contributed by atoms with Gasteiger partial charge in [0.25, 0.3) is 5.91 Å². The lowest BCUT2D eigenvalue weighted by Gasteiger charge is -2.30. The van der Waals surface area contributed by atoms with Crippen LogP contribution >= 0.6 is 11.8 Å². The van der Waals surface area contributed by atoms with E-state index in [1.165, 1.54) is 30.3 Å². The predicted molar refractivity (Wildman–Crippen MR) is 132 cm³/mol. The Bertz CT molecular complexity index is 1150. The van der Waals surface area contributed by atoms with Crippen LogP contribution in [0.4, 0.5) is 20.2 Å². The Morgan fingerprint density at radius 3 is 2.38 bits per heavy atom. The number of nitrogens with one attached hydrogen (secondary N) is 2. The standard InChI is InChI=1S/C26H25F2N3O2S/c27-19-10-11-24(31-12-14-34-15-13-31)22(17-19)29-26(33)23(16-18-6-2-1-3-7-18)30-25(32)20-8-4-5-9-21(20)28/h1-11,17,23H,12-16H2,(H,29,33)(H,30,32)/t23-/m1/s1. The monoisotopic (exact) mass is 481 g/mol. The molecule has 1 aliphatic heterocycles. The zero-order valence-corrected chi connectivity index (χ0v) is 19.3. The van der Waals surface area contributed by atoms with Gasteiger partial charge in [-0.15, -0.1) is 0 Å². The lowest BCUT2D eigenvalue weighted by Crippen LogP contribution is -2.45. The zero-order chi connectivity index (χ0) is 23.9. The van der Waals surface area contributed by atoms with E-state index in [9.17, 15) is 18.4 Å². The van der Waals surface area contributed by atoms with Gasteiger partial charge in [-0.25, -0.2) is 8.78 Å². The summed E-state index contributed by atoms with van der Waals surface area (Å²) in [5.41, 5.74) is 1.75. The van der Waals surface area contributed by atoms with E-state index in [1.807, 2.05) is 42.1 Å². The summed E-state index contributed by atoms with van der Waals surface area (Å²) in [7, 11) is 0. The van der Waals surface area contributed by atoms with Crippen LogP contribution in [0.1, 0.15) is 15.9 Å². The smallest absolute Gasteiger partial charge is 0.254 e. The van der Waals surface area contributed by atoms with E-state index in [2.05, 4.69) is 15.5 Å². The van der Waals surface area contributed by atoms with Gasteiger partial charge in [0.2, 0.25) is 5.91 Å². The number of rotatable bonds is 7. The molecule has 0 aliphatic carbocycles. The Hall–Kier alpha value is -3.39. The fraction of sp³-hybridized carbons (Fsp3) is 0.231. The zero-order valence-electron chi connectivity index (χ0n) is 18.5. The highest BCUT2D eigenvalue weighted by atomic mass is 32.2. The van der Waals surface area contributed by atoms with Crippen molar-refractivity contribution in [2.24, 2.45) is 0 Å². The second-order valence-electron chi connectivity index (χ2n) is 7.95. The van der Waals surface area contributed by atoms with Crippen LogP contribution in [-0.4, -0.2) is 42.5 Å². The molecule has 3 aromatic rings.